The van der Waals surface area contributed by atoms with Gasteiger partial charge in [0, 0.05) is 6.04 Å². The van der Waals surface area contributed by atoms with Crippen LogP contribution < -0.4 is 5.73 Å². The molecule has 0 amide bonds. The molecule has 0 radical (unpaired) electrons. The van der Waals surface area contributed by atoms with Gasteiger partial charge in [-0.05, 0) is 65.1 Å². The van der Waals surface area contributed by atoms with E-state index in [0.29, 0.717) is 10.4 Å². The van der Waals surface area contributed by atoms with Crippen molar-refractivity contribution in [2.75, 3.05) is 0 Å². The summed E-state index contributed by atoms with van der Waals surface area (Å²) >= 11 is 3.33. The summed E-state index contributed by atoms with van der Waals surface area (Å²) in [5, 5.41) is 0. The van der Waals surface area contributed by atoms with E-state index in [9.17, 15) is 4.39 Å². The largest absolute Gasteiger partial charge is 0.327 e. The molecule has 94 valence electrons. The zero-order valence-corrected chi connectivity index (χ0v) is 11.7. The van der Waals surface area contributed by atoms with Crippen LogP contribution in [-0.4, -0.2) is 6.04 Å². The van der Waals surface area contributed by atoms with Gasteiger partial charge in [-0.3, -0.25) is 0 Å². The Bertz CT molecular complexity index is 394. The van der Waals surface area contributed by atoms with Crippen LogP contribution in [0.1, 0.15) is 31.7 Å². The molecule has 1 aromatic carbocycles. The van der Waals surface area contributed by atoms with Gasteiger partial charge in [0.1, 0.15) is 5.82 Å². The van der Waals surface area contributed by atoms with Gasteiger partial charge < -0.3 is 5.73 Å². The second-order valence-electron chi connectivity index (χ2n) is 5.26. The molecule has 2 rings (SSSR count). The fraction of sp³-hybridized carbons (Fsp3) is 0.571. The SMILES string of the molecule is CC1CCC(N)C(Cc2cccc(F)c2Br)C1. The Kier molecular flexibility index (Phi) is 4.21. The number of benzene rings is 1. The Morgan fingerprint density at radius 1 is 1.41 bits per heavy atom. The Balaban J connectivity index is 2.11. The highest BCUT2D eigenvalue weighted by Gasteiger charge is 2.26. The van der Waals surface area contributed by atoms with Gasteiger partial charge in [-0.15, -0.1) is 0 Å². The van der Waals surface area contributed by atoms with E-state index in [1.165, 1.54) is 12.5 Å². The predicted octanol–water partition coefficient (Wildman–Crippen LogP) is 3.89. The summed E-state index contributed by atoms with van der Waals surface area (Å²) < 4.78 is 14.0. The summed E-state index contributed by atoms with van der Waals surface area (Å²) in [5.41, 5.74) is 7.21. The monoisotopic (exact) mass is 299 g/mol. The second-order valence-corrected chi connectivity index (χ2v) is 6.05. The summed E-state index contributed by atoms with van der Waals surface area (Å²) in [7, 11) is 0. The van der Waals surface area contributed by atoms with Crippen LogP contribution in [0.3, 0.4) is 0 Å². The number of hydrogen-bond acceptors (Lipinski definition) is 1. The number of nitrogens with two attached hydrogens (primary N) is 1. The van der Waals surface area contributed by atoms with Gasteiger partial charge in [-0.2, -0.15) is 0 Å². The molecule has 1 nitrogen and oxygen atoms in total. The summed E-state index contributed by atoms with van der Waals surface area (Å²) in [6.07, 6.45) is 4.36. The third-order valence-corrected chi connectivity index (χ3v) is 4.71. The Morgan fingerprint density at radius 3 is 2.94 bits per heavy atom. The van der Waals surface area contributed by atoms with Crippen molar-refractivity contribution in [1.29, 1.82) is 0 Å². The lowest BCUT2D eigenvalue weighted by atomic mass is 9.76. The molecule has 1 aliphatic carbocycles. The van der Waals surface area contributed by atoms with Crippen molar-refractivity contribution in [2.24, 2.45) is 17.6 Å². The number of halogens is 2. The summed E-state index contributed by atoms with van der Waals surface area (Å²) in [6, 6.07) is 5.50. The molecule has 0 spiro atoms. The molecule has 3 heteroatoms. The van der Waals surface area contributed by atoms with Crippen LogP contribution in [0.25, 0.3) is 0 Å². The molecular formula is C14H19BrFN. The third kappa shape index (κ3) is 3.08. The fourth-order valence-electron chi connectivity index (χ4n) is 2.75. The average Bonchev–Trinajstić information content (AvgIpc) is 2.30. The van der Waals surface area contributed by atoms with Gasteiger partial charge in [0.05, 0.1) is 4.47 Å². The molecule has 2 N–H and O–H groups in total. The minimum atomic E-state index is -0.181. The molecule has 1 fully saturated rings. The van der Waals surface area contributed by atoms with Crippen LogP contribution in [0.2, 0.25) is 0 Å². The van der Waals surface area contributed by atoms with E-state index in [1.807, 2.05) is 6.07 Å². The van der Waals surface area contributed by atoms with Crippen LogP contribution in [0.15, 0.2) is 22.7 Å². The molecule has 1 saturated carbocycles. The van der Waals surface area contributed by atoms with Crippen molar-refractivity contribution >= 4 is 15.9 Å². The molecule has 17 heavy (non-hydrogen) atoms. The highest BCUT2D eigenvalue weighted by Crippen LogP contribution is 2.32. The first-order valence-corrected chi connectivity index (χ1v) is 7.05. The van der Waals surface area contributed by atoms with Crippen molar-refractivity contribution < 1.29 is 4.39 Å². The highest BCUT2D eigenvalue weighted by molar-refractivity contribution is 9.10. The van der Waals surface area contributed by atoms with E-state index >= 15 is 0 Å². The molecule has 1 aromatic rings. The minimum Gasteiger partial charge on any atom is -0.327 e. The molecule has 1 aliphatic rings. The summed E-state index contributed by atoms with van der Waals surface area (Å²) in [4.78, 5) is 0. The maximum Gasteiger partial charge on any atom is 0.137 e. The van der Waals surface area contributed by atoms with Gasteiger partial charge in [0.2, 0.25) is 0 Å². The molecule has 0 aromatic heterocycles. The molecule has 3 unspecified atom stereocenters. The standard InChI is InChI=1S/C14H19BrFN/c1-9-5-6-13(17)11(7-9)8-10-3-2-4-12(16)14(10)15/h2-4,9,11,13H,5-8,17H2,1H3. The fourth-order valence-corrected chi connectivity index (χ4v) is 3.17. The predicted molar refractivity (Wildman–Crippen MR) is 72.3 cm³/mol. The van der Waals surface area contributed by atoms with E-state index < -0.39 is 0 Å². The van der Waals surface area contributed by atoms with Crippen LogP contribution in [0, 0.1) is 17.7 Å². The smallest absolute Gasteiger partial charge is 0.137 e. The molecule has 0 saturated heterocycles. The van der Waals surface area contributed by atoms with Crippen molar-refractivity contribution in [3.8, 4) is 0 Å². The third-order valence-electron chi connectivity index (χ3n) is 3.82. The summed E-state index contributed by atoms with van der Waals surface area (Å²) in [6.45, 7) is 2.28. The van der Waals surface area contributed by atoms with Gasteiger partial charge in [0.15, 0.2) is 0 Å². The van der Waals surface area contributed by atoms with E-state index in [4.69, 9.17) is 5.73 Å². The molecule has 0 bridgehead atoms. The van der Waals surface area contributed by atoms with Crippen LogP contribution in [0.5, 0.6) is 0 Å². The second kappa shape index (κ2) is 5.49. The topological polar surface area (TPSA) is 26.0 Å². The van der Waals surface area contributed by atoms with Gasteiger partial charge in [0.25, 0.3) is 0 Å². The molecule has 3 atom stereocenters. The van der Waals surface area contributed by atoms with Crippen LogP contribution in [0.4, 0.5) is 4.39 Å². The van der Waals surface area contributed by atoms with Crippen LogP contribution >= 0.6 is 15.9 Å². The van der Waals surface area contributed by atoms with Gasteiger partial charge in [-0.25, -0.2) is 4.39 Å². The first-order valence-electron chi connectivity index (χ1n) is 6.26. The normalized spacial score (nSPS) is 29.3. The Morgan fingerprint density at radius 2 is 2.18 bits per heavy atom. The van der Waals surface area contributed by atoms with E-state index in [-0.39, 0.29) is 11.9 Å². The number of hydrogen-bond donors (Lipinski definition) is 1. The van der Waals surface area contributed by atoms with Crippen molar-refractivity contribution in [2.45, 2.75) is 38.6 Å². The van der Waals surface area contributed by atoms with Gasteiger partial charge >= 0.3 is 0 Å². The molecular weight excluding hydrogens is 281 g/mol. The maximum atomic E-state index is 13.4. The minimum absolute atomic E-state index is 0.181. The van der Waals surface area contributed by atoms with E-state index in [2.05, 4.69) is 22.9 Å². The quantitative estimate of drug-likeness (QED) is 0.881. The zero-order chi connectivity index (χ0) is 12.4. The highest BCUT2D eigenvalue weighted by atomic mass is 79.9. The van der Waals surface area contributed by atoms with Crippen molar-refractivity contribution in [3.63, 3.8) is 0 Å². The van der Waals surface area contributed by atoms with E-state index in [1.54, 1.807) is 6.07 Å². The zero-order valence-electron chi connectivity index (χ0n) is 10.1. The van der Waals surface area contributed by atoms with E-state index in [0.717, 1.165) is 30.7 Å². The van der Waals surface area contributed by atoms with Gasteiger partial charge in [-0.1, -0.05) is 19.1 Å². The summed E-state index contributed by atoms with van der Waals surface area (Å²) in [5.74, 6) is 1.05. The average molecular weight is 300 g/mol. The van der Waals surface area contributed by atoms with Crippen molar-refractivity contribution in [1.82, 2.24) is 0 Å². The van der Waals surface area contributed by atoms with Crippen molar-refractivity contribution in [3.05, 3.63) is 34.1 Å². The lowest BCUT2D eigenvalue weighted by molar-refractivity contribution is 0.244. The van der Waals surface area contributed by atoms with Crippen LogP contribution in [-0.2, 0) is 6.42 Å². The first-order chi connectivity index (χ1) is 8.08. The lowest BCUT2D eigenvalue weighted by Crippen LogP contribution is -2.36. The number of rotatable bonds is 2. The lowest BCUT2D eigenvalue weighted by Gasteiger charge is -2.32. The Labute approximate surface area is 111 Å². The first kappa shape index (κ1) is 13.0. The Hall–Kier alpha value is -0.410. The molecule has 0 aliphatic heterocycles. The maximum absolute atomic E-state index is 13.4. The molecule has 0 heterocycles.